The van der Waals surface area contributed by atoms with Gasteiger partial charge in [-0.3, -0.25) is 4.79 Å². The summed E-state index contributed by atoms with van der Waals surface area (Å²) in [4.78, 5) is 17.7. The van der Waals surface area contributed by atoms with Crippen molar-refractivity contribution in [2.45, 2.75) is 36.4 Å². The minimum Gasteiger partial charge on any atom is -0.368 e. The number of amides is 1. The first-order chi connectivity index (χ1) is 13.2. The van der Waals surface area contributed by atoms with Gasteiger partial charge in [-0.15, -0.1) is 0 Å². The molecule has 1 aromatic carbocycles. The van der Waals surface area contributed by atoms with Crippen LogP contribution in [0, 0.1) is 0 Å². The minimum atomic E-state index is -4.62. The van der Waals surface area contributed by atoms with E-state index in [1.165, 1.54) is 23.1 Å². The molecule has 3 saturated heterocycles. The van der Waals surface area contributed by atoms with Gasteiger partial charge in [-0.25, -0.2) is 8.42 Å². The average Bonchev–Trinajstić information content (AvgIpc) is 3.28. The molecule has 0 aromatic heterocycles. The van der Waals surface area contributed by atoms with E-state index >= 15 is 0 Å². The summed E-state index contributed by atoms with van der Waals surface area (Å²) in [6.45, 7) is 0.443. The number of para-hydroxylation sites is 1. The number of carbonyl (C=O) groups excluding carboxylic acids is 1. The van der Waals surface area contributed by atoms with Gasteiger partial charge >= 0.3 is 6.18 Å². The van der Waals surface area contributed by atoms with E-state index in [1.807, 2.05) is 0 Å². The number of ether oxygens (including phenoxy) is 1. The van der Waals surface area contributed by atoms with E-state index in [0.717, 1.165) is 24.2 Å². The third kappa shape index (κ3) is 3.67. The smallest absolute Gasteiger partial charge is 0.368 e. The van der Waals surface area contributed by atoms with Gasteiger partial charge in [-0.05, 0) is 25.0 Å². The number of halogens is 3. The van der Waals surface area contributed by atoms with Gasteiger partial charge in [0.15, 0.2) is 15.0 Å². The number of rotatable bonds is 2. The molecular weight excluding hydrogens is 417 g/mol. The lowest BCUT2D eigenvalue weighted by Gasteiger charge is -2.27. The topological polar surface area (TPSA) is 76.0 Å². The number of thioether (sulfide) groups is 1. The van der Waals surface area contributed by atoms with Crippen molar-refractivity contribution in [1.82, 2.24) is 0 Å². The Morgan fingerprint density at radius 2 is 2.00 bits per heavy atom. The number of hydrogen-bond acceptors (Lipinski definition) is 5. The molecule has 0 saturated carbocycles. The Kier molecular flexibility index (Phi) is 4.95. The Bertz CT molecular complexity index is 927. The highest BCUT2D eigenvalue weighted by molar-refractivity contribution is 8.16. The number of alkyl halides is 3. The number of fused-ring (bicyclic) bond motifs is 1. The Morgan fingerprint density at radius 3 is 2.68 bits per heavy atom. The van der Waals surface area contributed by atoms with Crippen LogP contribution in [-0.4, -0.2) is 55.0 Å². The second kappa shape index (κ2) is 7.03. The highest BCUT2D eigenvalue weighted by atomic mass is 32.2. The van der Waals surface area contributed by atoms with Gasteiger partial charge in [0, 0.05) is 11.9 Å². The van der Waals surface area contributed by atoms with Crippen LogP contribution in [0.5, 0.6) is 0 Å². The van der Waals surface area contributed by atoms with Crippen molar-refractivity contribution < 1.29 is 31.1 Å². The molecule has 4 rings (SSSR count). The Morgan fingerprint density at radius 1 is 1.25 bits per heavy atom. The van der Waals surface area contributed by atoms with Crippen LogP contribution in [0.25, 0.3) is 0 Å². The lowest BCUT2D eigenvalue weighted by Crippen LogP contribution is -2.39. The third-order valence-corrected chi connectivity index (χ3v) is 8.16. The fourth-order valence-electron chi connectivity index (χ4n) is 3.71. The molecule has 3 fully saturated rings. The zero-order chi connectivity index (χ0) is 20.1. The summed E-state index contributed by atoms with van der Waals surface area (Å²) < 4.78 is 70.1. The number of anilines is 1. The molecule has 0 radical (unpaired) electrons. The molecule has 1 aromatic rings. The first-order valence-corrected chi connectivity index (χ1v) is 11.4. The van der Waals surface area contributed by atoms with Crippen molar-refractivity contribution in [1.29, 1.82) is 0 Å². The quantitative estimate of drug-likeness (QED) is 0.712. The lowest BCUT2D eigenvalue weighted by molar-refractivity contribution is -0.137. The summed E-state index contributed by atoms with van der Waals surface area (Å²) in [6.07, 6.45) is -4.09. The Hall–Kier alpha value is -1.59. The molecule has 152 valence electrons. The zero-order valence-corrected chi connectivity index (χ0v) is 16.2. The van der Waals surface area contributed by atoms with Gasteiger partial charge in [0.2, 0.25) is 0 Å². The molecule has 1 amide bonds. The predicted octanol–water partition coefficient (Wildman–Crippen LogP) is 2.49. The van der Waals surface area contributed by atoms with Crippen molar-refractivity contribution >= 4 is 38.4 Å². The number of nitrogens with zero attached hydrogens (tertiary/aromatic N) is 2. The highest BCUT2D eigenvalue weighted by Crippen LogP contribution is 2.45. The van der Waals surface area contributed by atoms with E-state index in [2.05, 4.69) is 4.99 Å². The van der Waals surface area contributed by atoms with E-state index in [4.69, 9.17) is 4.74 Å². The van der Waals surface area contributed by atoms with Crippen molar-refractivity contribution in [3.8, 4) is 0 Å². The summed E-state index contributed by atoms with van der Waals surface area (Å²) in [5.74, 6) is -0.971. The number of sulfone groups is 1. The molecule has 3 heterocycles. The predicted molar refractivity (Wildman–Crippen MR) is 99.2 cm³/mol. The normalized spacial score (nSPS) is 30.8. The number of aliphatic imine (C=N–C) groups is 1. The molecule has 3 atom stereocenters. The van der Waals surface area contributed by atoms with Gasteiger partial charge in [0.1, 0.15) is 6.10 Å². The number of amidine groups is 1. The van der Waals surface area contributed by atoms with Crippen LogP contribution < -0.4 is 4.90 Å². The molecule has 6 nitrogen and oxygen atoms in total. The molecular formula is C17H17F3N2O4S2. The van der Waals surface area contributed by atoms with Crippen LogP contribution in [-0.2, 0) is 25.5 Å². The van der Waals surface area contributed by atoms with E-state index in [0.29, 0.717) is 13.0 Å². The van der Waals surface area contributed by atoms with E-state index in [9.17, 15) is 26.4 Å². The van der Waals surface area contributed by atoms with Crippen LogP contribution in [0.1, 0.15) is 18.4 Å². The monoisotopic (exact) mass is 434 g/mol. The summed E-state index contributed by atoms with van der Waals surface area (Å²) in [7, 11) is -3.37. The molecule has 0 N–H and O–H groups in total. The van der Waals surface area contributed by atoms with Crippen molar-refractivity contribution in [3.05, 3.63) is 29.8 Å². The standard InChI is InChI=1S/C17H17F3N2O4S2/c18-17(19,20)10-4-1-2-5-11(10)22-12-8-28(24,25)9-14(12)27-16(22)21-15(23)13-6-3-7-26-13/h1-2,4-5,12-14H,3,6-9H2/t12-,13+,14-/m1/s1. The van der Waals surface area contributed by atoms with Gasteiger partial charge in [0.25, 0.3) is 5.91 Å². The number of benzene rings is 1. The average molecular weight is 434 g/mol. The molecule has 0 spiro atoms. The van der Waals surface area contributed by atoms with Gasteiger partial charge in [0.05, 0.1) is 28.8 Å². The van der Waals surface area contributed by atoms with Crippen LogP contribution in [0.4, 0.5) is 18.9 Å². The second-order valence-electron chi connectivity index (χ2n) is 6.92. The van der Waals surface area contributed by atoms with Crippen molar-refractivity contribution in [3.63, 3.8) is 0 Å². The van der Waals surface area contributed by atoms with E-state index in [1.54, 1.807) is 0 Å². The first-order valence-electron chi connectivity index (χ1n) is 8.72. The molecule has 28 heavy (non-hydrogen) atoms. The molecule has 11 heteroatoms. The lowest BCUT2D eigenvalue weighted by atomic mass is 10.1. The zero-order valence-electron chi connectivity index (χ0n) is 14.6. The van der Waals surface area contributed by atoms with Gasteiger partial charge in [-0.2, -0.15) is 18.2 Å². The summed E-state index contributed by atoms with van der Waals surface area (Å²) in [5.41, 5.74) is -1.08. The van der Waals surface area contributed by atoms with Crippen molar-refractivity contribution in [2.24, 2.45) is 4.99 Å². The SMILES string of the molecule is O=C(N=C1S[C@@H]2CS(=O)(=O)C[C@H]2N1c1ccccc1C(F)(F)F)[C@@H]1CCCO1. The molecule has 0 unspecified atom stereocenters. The van der Waals surface area contributed by atoms with Crippen LogP contribution in [0.15, 0.2) is 29.3 Å². The molecule has 0 aliphatic carbocycles. The second-order valence-corrected chi connectivity index (χ2v) is 10.3. The van der Waals surface area contributed by atoms with Crippen LogP contribution in [0.2, 0.25) is 0 Å². The fraction of sp³-hybridized carbons (Fsp3) is 0.529. The fourth-order valence-corrected chi connectivity index (χ4v) is 7.62. The minimum absolute atomic E-state index is 0.0992. The van der Waals surface area contributed by atoms with Gasteiger partial charge in [-0.1, -0.05) is 23.9 Å². The summed E-state index contributed by atoms with van der Waals surface area (Å²) in [6, 6.07) is 4.24. The molecule has 3 aliphatic rings. The largest absolute Gasteiger partial charge is 0.418 e. The maximum atomic E-state index is 13.6. The summed E-state index contributed by atoms with van der Waals surface area (Å²) >= 11 is 1.05. The van der Waals surface area contributed by atoms with E-state index < -0.39 is 44.9 Å². The van der Waals surface area contributed by atoms with E-state index in [-0.39, 0.29) is 22.4 Å². The number of carbonyl (C=O) groups is 1. The van der Waals surface area contributed by atoms with Crippen LogP contribution in [0.3, 0.4) is 0 Å². The maximum Gasteiger partial charge on any atom is 0.418 e. The van der Waals surface area contributed by atoms with Gasteiger partial charge < -0.3 is 9.64 Å². The molecule has 0 bridgehead atoms. The Labute approximate surface area is 164 Å². The number of hydrogen-bond donors (Lipinski definition) is 0. The molecule has 3 aliphatic heterocycles. The summed E-state index contributed by atoms with van der Waals surface area (Å²) in [5, 5.41) is -0.371. The maximum absolute atomic E-state index is 13.6. The Balaban J connectivity index is 1.77. The third-order valence-electron chi connectivity index (χ3n) is 4.95. The van der Waals surface area contributed by atoms with Crippen molar-refractivity contribution in [2.75, 3.05) is 23.0 Å². The first kappa shape index (κ1) is 19.7. The highest BCUT2D eigenvalue weighted by Gasteiger charge is 2.51. The van der Waals surface area contributed by atoms with Crippen LogP contribution >= 0.6 is 11.8 Å².